The van der Waals surface area contributed by atoms with Gasteiger partial charge in [0.2, 0.25) is 0 Å². The number of benzene rings is 8. The van der Waals surface area contributed by atoms with Crippen LogP contribution in [0, 0.1) is 13.8 Å². The molecule has 2 aliphatic carbocycles. The second-order valence-electron chi connectivity index (χ2n) is 15.8. The van der Waals surface area contributed by atoms with Crippen LogP contribution in [0.4, 0.5) is 0 Å². The Hall–Kier alpha value is -7.22. The number of hydrogen-bond donors (Lipinski definition) is 0. The maximum Gasteiger partial charge on any atom is 0.0541 e. The normalized spacial score (nSPS) is 12.1. The zero-order chi connectivity index (χ0) is 42.8. The van der Waals surface area contributed by atoms with Crippen molar-refractivity contribution < 1.29 is 0 Å². The first-order valence-corrected chi connectivity index (χ1v) is 22.1. The highest BCUT2D eigenvalue weighted by Crippen LogP contribution is 2.49. The first-order chi connectivity index (χ1) is 30.5. The van der Waals surface area contributed by atoms with Crippen LogP contribution in [-0.2, 0) is 0 Å². The van der Waals surface area contributed by atoms with Crippen LogP contribution in [0.1, 0.15) is 67.0 Å². The highest BCUT2D eigenvalue weighted by molar-refractivity contribution is 6.14. The van der Waals surface area contributed by atoms with Gasteiger partial charge in [-0.05, 0) is 120 Å². The topological polar surface area (TPSA) is 4.93 Å². The van der Waals surface area contributed by atoms with E-state index in [-0.39, 0.29) is 0 Å². The maximum atomic E-state index is 2.35. The summed E-state index contributed by atoms with van der Waals surface area (Å²) in [6, 6.07) is 71.9. The Morgan fingerprint density at radius 2 is 0.968 bits per heavy atom. The van der Waals surface area contributed by atoms with Gasteiger partial charge >= 0.3 is 0 Å². The summed E-state index contributed by atoms with van der Waals surface area (Å²) in [5, 5.41) is 2.59. The molecule has 0 aliphatic heterocycles. The summed E-state index contributed by atoms with van der Waals surface area (Å²) in [6.45, 7) is 10.4. The summed E-state index contributed by atoms with van der Waals surface area (Å²) >= 11 is 0. The van der Waals surface area contributed by atoms with Gasteiger partial charge in [0, 0.05) is 16.5 Å². The first-order valence-electron chi connectivity index (χ1n) is 22.1. The minimum Gasteiger partial charge on any atom is -0.309 e. The quantitative estimate of drug-likeness (QED) is 0.167. The molecule has 0 radical (unpaired) electrons. The van der Waals surface area contributed by atoms with Crippen molar-refractivity contribution in [2.75, 3.05) is 0 Å². The van der Waals surface area contributed by atoms with Gasteiger partial charge in [-0.3, -0.25) is 0 Å². The van der Waals surface area contributed by atoms with Crippen LogP contribution in [0.15, 0.2) is 224 Å². The van der Waals surface area contributed by atoms with Crippen molar-refractivity contribution >= 4 is 33.0 Å². The summed E-state index contributed by atoms with van der Waals surface area (Å²) in [7, 11) is 0. The Bertz CT molecular complexity index is 2970. The van der Waals surface area contributed by atoms with Crippen LogP contribution in [0.5, 0.6) is 0 Å². The largest absolute Gasteiger partial charge is 0.309 e. The lowest BCUT2D eigenvalue weighted by atomic mass is 9.88. The third-order valence-electron chi connectivity index (χ3n) is 11.6. The third-order valence-corrected chi connectivity index (χ3v) is 11.6. The molecule has 1 heteroatoms. The highest BCUT2D eigenvalue weighted by Gasteiger charge is 2.27. The molecule has 62 heavy (non-hydrogen) atoms. The lowest BCUT2D eigenvalue weighted by Gasteiger charge is -2.15. The number of aryl methyl sites for hydroxylation is 2. The molecule has 0 atom stereocenters. The zero-order valence-corrected chi connectivity index (χ0v) is 36.6. The van der Waals surface area contributed by atoms with E-state index in [9.17, 15) is 0 Å². The smallest absolute Gasteiger partial charge is 0.0541 e. The molecule has 2 aliphatic rings. The van der Waals surface area contributed by atoms with Gasteiger partial charge < -0.3 is 4.57 Å². The Kier molecular flexibility index (Phi) is 13.0. The number of hydrogen-bond acceptors (Lipinski definition) is 0. The predicted molar refractivity (Wildman–Crippen MR) is 269 cm³/mol. The van der Waals surface area contributed by atoms with E-state index in [1.807, 2.05) is 13.8 Å². The molecule has 0 saturated heterocycles. The van der Waals surface area contributed by atoms with E-state index >= 15 is 0 Å². The van der Waals surface area contributed by atoms with Crippen LogP contribution >= 0.6 is 0 Å². The number of allylic oxidation sites excluding steroid dienone is 4. The van der Waals surface area contributed by atoms with Crippen LogP contribution in [0.3, 0.4) is 0 Å². The van der Waals surface area contributed by atoms with Crippen molar-refractivity contribution in [1.82, 2.24) is 4.57 Å². The molecule has 1 aromatic heterocycles. The molecule has 0 amide bonds. The highest BCUT2D eigenvalue weighted by atomic mass is 15.0. The average molecular weight is 802 g/mol. The number of para-hydroxylation sites is 2. The number of aromatic nitrogens is 1. The van der Waals surface area contributed by atoms with E-state index in [1.54, 1.807) is 0 Å². The molecule has 0 N–H and O–H groups in total. The molecule has 0 bridgehead atoms. The summed E-state index contributed by atoms with van der Waals surface area (Å²) < 4.78 is 2.35. The fraction of sp³-hybridized carbons (Fsp3) is 0.115. The minimum absolute atomic E-state index is 1.20. The van der Waals surface area contributed by atoms with Crippen LogP contribution in [0.2, 0.25) is 0 Å². The molecule has 0 unspecified atom stereocenters. The van der Waals surface area contributed by atoms with Crippen molar-refractivity contribution in [2.24, 2.45) is 0 Å². The van der Waals surface area contributed by atoms with E-state index in [0.717, 1.165) is 0 Å². The molecule has 9 aromatic rings. The standard InChI is InChI=1S/C27H20.C25H19N.C7H10.C2H6/c1-19-16-17-23-22-14-8-9-15-24(22)27(25(23)18-19)26(20-10-4-2-5-11-20)21-12-6-3-7-13-21;1-18-11-13-19(14-12-18)20-15-16-25-23(17-20)22-9-5-6-10-24(22)26(25)21-7-3-2-4-8-21;1-7-5-3-2-4-6-7;1-2/h2-18H,1H3;2-17H,1H3;3,5-6H,2,4H2,1H3;1-2H3. The summed E-state index contributed by atoms with van der Waals surface area (Å²) in [5.41, 5.74) is 20.6. The van der Waals surface area contributed by atoms with Crippen molar-refractivity contribution in [3.63, 3.8) is 0 Å². The molecule has 0 spiro atoms. The van der Waals surface area contributed by atoms with Gasteiger partial charge in [0.05, 0.1) is 11.0 Å². The number of fused-ring (bicyclic) bond motifs is 6. The van der Waals surface area contributed by atoms with Crippen LogP contribution in [0.25, 0.3) is 60.9 Å². The van der Waals surface area contributed by atoms with Gasteiger partial charge in [0.1, 0.15) is 0 Å². The fourth-order valence-electron chi connectivity index (χ4n) is 8.61. The van der Waals surface area contributed by atoms with E-state index in [2.05, 4.69) is 244 Å². The third kappa shape index (κ3) is 8.80. The van der Waals surface area contributed by atoms with Crippen molar-refractivity contribution in [1.29, 1.82) is 0 Å². The molecular formula is C61H55N. The lowest BCUT2D eigenvalue weighted by molar-refractivity contribution is 1.02. The molecule has 11 rings (SSSR count). The Balaban J connectivity index is 0.000000143. The Morgan fingerprint density at radius 3 is 1.60 bits per heavy atom. The minimum atomic E-state index is 1.20. The lowest BCUT2D eigenvalue weighted by Crippen LogP contribution is -1.94. The molecule has 8 aromatic carbocycles. The molecular weight excluding hydrogens is 747 g/mol. The van der Waals surface area contributed by atoms with Gasteiger partial charge in [0.25, 0.3) is 0 Å². The number of rotatable bonds is 4. The van der Waals surface area contributed by atoms with Crippen molar-refractivity contribution in [2.45, 2.75) is 47.5 Å². The van der Waals surface area contributed by atoms with Gasteiger partial charge in [0.15, 0.2) is 0 Å². The second-order valence-corrected chi connectivity index (χ2v) is 15.8. The van der Waals surface area contributed by atoms with Gasteiger partial charge in [-0.1, -0.05) is 219 Å². The number of nitrogens with zero attached hydrogens (tertiary/aromatic N) is 1. The summed E-state index contributed by atoms with van der Waals surface area (Å²) in [4.78, 5) is 0. The Morgan fingerprint density at radius 1 is 0.419 bits per heavy atom. The van der Waals surface area contributed by atoms with Gasteiger partial charge in [-0.2, -0.15) is 0 Å². The van der Waals surface area contributed by atoms with E-state index in [4.69, 9.17) is 0 Å². The van der Waals surface area contributed by atoms with Crippen LogP contribution < -0.4 is 0 Å². The SMILES string of the molecule is CC.CC1=CCCC=C1.Cc1ccc(-c2ccc3c(c2)c2ccccc2n3-c2ccccc2)cc1.Cc1ccc2c(c1)C(=C(c1ccccc1)c1ccccc1)c1ccccc1-2. The molecule has 1 nitrogen and oxygen atoms in total. The van der Waals surface area contributed by atoms with Gasteiger partial charge in [-0.15, -0.1) is 0 Å². The predicted octanol–water partition coefficient (Wildman–Crippen LogP) is 17.1. The average Bonchev–Trinajstić information content (AvgIpc) is 3.83. The van der Waals surface area contributed by atoms with Gasteiger partial charge in [-0.25, -0.2) is 0 Å². The van der Waals surface area contributed by atoms with E-state index in [0.29, 0.717) is 0 Å². The molecule has 304 valence electrons. The van der Waals surface area contributed by atoms with E-state index < -0.39 is 0 Å². The van der Waals surface area contributed by atoms with Crippen molar-refractivity contribution in [3.8, 4) is 27.9 Å². The summed E-state index contributed by atoms with van der Waals surface area (Å²) in [5.74, 6) is 0. The van der Waals surface area contributed by atoms with Crippen molar-refractivity contribution in [3.05, 3.63) is 257 Å². The van der Waals surface area contributed by atoms with Crippen LogP contribution in [-0.4, -0.2) is 4.57 Å². The van der Waals surface area contributed by atoms with E-state index in [1.165, 1.54) is 113 Å². The molecule has 0 saturated carbocycles. The second kappa shape index (κ2) is 19.4. The first kappa shape index (κ1) is 41.5. The molecule has 0 fully saturated rings. The summed E-state index contributed by atoms with van der Waals surface area (Å²) in [6.07, 6.45) is 9.12. The Labute approximate surface area is 368 Å². The zero-order valence-electron chi connectivity index (χ0n) is 36.6. The fourth-order valence-corrected chi connectivity index (χ4v) is 8.61. The maximum absolute atomic E-state index is 2.35. The molecule has 1 heterocycles. The monoisotopic (exact) mass is 801 g/mol.